The van der Waals surface area contributed by atoms with Gasteiger partial charge >= 0.3 is 0 Å². The van der Waals surface area contributed by atoms with E-state index in [2.05, 4.69) is 13.1 Å². The van der Waals surface area contributed by atoms with Gasteiger partial charge in [-0.2, -0.15) is 22.2 Å². The topological polar surface area (TPSA) is 0 Å². The van der Waals surface area contributed by atoms with Crippen molar-refractivity contribution in [3.05, 3.63) is 0 Å². The maximum Gasteiger partial charge on any atom is 0.254 e. The largest absolute Gasteiger partial charge is 0.254 e. The molecule has 0 saturated carbocycles. The molecule has 0 saturated heterocycles. The van der Waals surface area contributed by atoms with Gasteiger partial charge in [-0.1, -0.05) is 13.1 Å². The highest BCUT2D eigenvalue weighted by Crippen LogP contribution is 1.98. The second-order valence-corrected chi connectivity index (χ2v) is 14.7. The fourth-order valence-electron chi connectivity index (χ4n) is 0. The lowest BCUT2D eigenvalue weighted by Gasteiger charge is -1.94. The molecule has 6 heavy (non-hydrogen) atoms. The lowest BCUT2D eigenvalue weighted by atomic mass is 11.9. The van der Waals surface area contributed by atoms with Crippen LogP contribution in [0.5, 0.6) is 0 Å². The van der Waals surface area contributed by atoms with E-state index in [0.717, 1.165) is 0 Å². The number of halogens is 2. The maximum atomic E-state index is 5.54. The highest BCUT2D eigenvalue weighted by Gasteiger charge is 2.08. The third kappa shape index (κ3) is 3.21. The fraction of sp³-hybridized carbons (Fsp3) is 1.00. The third-order valence-electron chi connectivity index (χ3n) is 0.436. The minimum atomic E-state index is -0.868. The van der Waals surface area contributed by atoms with Gasteiger partial charge in [-0.3, -0.25) is 0 Å². The first-order valence-electron chi connectivity index (χ1n) is 1.82. The molecule has 0 heterocycles. The Morgan fingerprint density at radius 3 is 1.50 bits per heavy atom. The van der Waals surface area contributed by atoms with E-state index in [1.165, 1.54) is 0 Å². The quantitative estimate of drug-likeness (QED) is 0.401. The van der Waals surface area contributed by atoms with Gasteiger partial charge in [0.05, 0.1) is 8.31 Å². The van der Waals surface area contributed by atoms with Gasteiger partial charge in [0, 0.05) is 0 Å². The molecule has 37 valence electrons. The van der Waals surface area contributed by atoms with Gasteiger partial charge in [0.15, 0.2) is 0 Å². The maximum absolute atomic E-state index is 5.54. The average molecular weight is 158 g/mol. The third-order valence-corrected chi connectivity index (χ3v) is 11.8. The van der Waals surface area contributed by atoms with E-state index in [9.17, 15) is 0 Å². The molecular formula is C2H7Cl2Si2. The van der Waals surface area contributed by atoms with Crippen LogP contribution in [0.4, 0.5) is 0 Å². The van der Waals surface area contributed by atoms with Crippen molar-refractivity contribution < 1.29 is 0 Å². The molecule has 0 atom stereocenters. The lowest BCUT2D eigenvalue weighted by molar-refractivity contribution is 2.10. The zero-order valence-electron chi connectivity index (χ0n) is 3.83. The van der Waals surface area contributed by atoms with Gasteiger partial charge in [0.25, 0.3) is 6.93 Å². The average Bonchev–Trinajstić information content (AvgIpc) is 1.36. The standard InChI is InChI=1S/C2H7Cl2Si2/c1-5(2)6(3)4/h5H,1-2H3. The molecule has 0 aromatic heterocycles. The van der Waals surface area contributed by atoms with Crippen molar-refractivity contribution in [2.45, 2.75) is 13.1 Å². The molecule has 0 rings (SSSR count). The number of rotatable bonds is 1. The molecule has 0 spiro atoms. The summed E-state index contributed by atoms with van der Waals surface area (Å²) in [5, 5.41) is 0. The van der Waals surface area contributed by atoms with Crippen molar-refractivity contribution in [1.82, 2.24) is 0 Å². The van der Waals surface area contributed by atoms with Gasteiger partial charge in [-0.05, 0) is 0 Å². The van der Waals surface area contributed by atoms with Crippen LogP contribution >= 0.6 is 22.2 Å². The summed E-state index contributed by atoms with van der Waals surface area (Å²) >= 11 is 11.1. The van der Waals surface area contributed by atoms with Gasteiger partial charge in [-0.15, -0.1) is 0 Å². The summed E-state index contributed by atoms with van der Waals surface area (Å²) in [5.41, 5.74) is 0. The first-order valence-corrected chi connectivity index (χ1v) is 9.46. The van der Waals surface area contributed by atoms with Crippen LogP contribution in [0.15, 0.2) is 0 Å². The molecule has 0 N–H and O–H groups in total. The predicted octanol–water partition coefficient (Wildman–Crippen LogP) is 1.52. The van der Waals surface area contributed by atoms with Crippen molar-refractivity contribution in [2.24, 2.45) is 0 Å². The van der Waals surface area contributed by atoms with Gasteiger partial charge in [0.1, 0.15) is 0 Å². The van der Waals surface area contributed by atoms with Crippen molar-refractivity contribution in [1.29, 1.82) is 0 Å². The number of hydrogen-bond acceptors (Lipinski definition) is 0. The normalized spacial score (nSPS) is 11.0. The molecule has 0 aromatic rings. The molecule has 0 aliphatic carbocycles. The number of hydrogen-bond donors (Lipinski definition) is 0. The van der Waals surface area contributed by atoms with E-state index in [4.69, 9.17) is 22.2 Å². The van der Waals surface area contributed by atoms with E-state index in [1.807, 2.05) is 0 Å². The lowest BCUT2D eigenvalue weighted by Crippen LogP contribution is -2.16. The Morgan fingerprint density at radius 2 is 1.50 bits per heavy atom. The summed E-state index contributed by atoms with van der Waals surface area (Å²) in [5.74, 6) is 0. The monoisotopic (exact) mass is 157 g/mol. The zero-order valence-corrected chi connectivity index (χ0v) is 7.50. The molecule has 0 aliphatic heterocycles. The Kier molecular flexibility index (Phi) is 3.59. The SMILES string of the molecule is C[SiH](C)[Si](Cl)Cl. The van der Waals surface area contributed by atoms with Gasteiger partial charge in [0.2, 0.25) is 0 Å². The summed E-state index contributed by atoms with van der Waals surface area (Å²) in [6.07, 6.45) is 0. The second kappa shape index (κ2) is 3.07. The van der Waals surface area contributed by atoms with Crippen LogP contribution < -0.4 is 0 Å². The van der Waals surface area contributed by atoms with Crippen molar-refractivity contribution >= 4 is 37.4 Å². The van der Waals surface area contributed by atoms with Crippen LogP contribution in [-0.4, -0.2) is 15.2 Å². The van der Waals surface area contributed by atoms with E-state index in [-0.39, 0.29) is 0 Å². The molecule has 0 bridgehead atoms. The highest BCUT2D eigenvalue weighted by molar-refractivity contribution is 7.60. The summed E-state index contributed by atoms with van der Waals surface area (Å²) in [7, 11) is -0.611. The highest BCUT2D eigenvalue weighted by atomic mass is 35.7. The van der Waals surface area contributed by atoms with E-state index in [0.29, 0.717) is 0 Å². The summed E-state index contributed by atoms with van der Waals surface area (Å²) in [6.45, 7) is 3.45. The fourth-order valence-corrected chi connectivity index (χ4v) is 0. The molecule has 0 fully saturated rings. The summed E-state index contributed by atoms with van der Waals surface area (Å²) in [4.78, 5) is 0. The smallest absolute Gasteiger partial charge is 0.151 e. The van der Waals surface area contributed by atoms with Crippen molar-refractivity contribution in [3.8, 4) is 0 Å². The summed E-state index contributed by atoms with van der Waals surface area (Å²) in [6, 6.07) is 0. The van der Waals surface area contributed by atoms with Crippen molar-refractivity contribution in [2.75, 3.05) is 0 Å². The van der Waals surface area contributed by atoms with Crippen LogP contribution in [-0.2, 0) is 0 Å². The van der Waals surface area contributed by atoms with Crippen LogP contribution in [0, 0.1) is 0 Å². The molecule has 0 unspecified atom stereocenters. The molecule has 0 aliphatic rings. The molecular weight excluding hydrogens is 151 g/mol. The van der Waals surface area contributed by atoms with Crippen LogP contribution in [0.1, 0.15) is 0 Å². The van der Waals surface area contributed by atoms with E-state index < -0.39 is 15.2 Å². The van der Waals surface area contributed by atoms with E-state index >= 15 is 0 Å². The summed E-state index contributed by atoms with van der Waals surface area (Å²) < 4.78 is 0. The van der Waals surface area contributed by atoms with Crippen LogP contribution in [0.2, 0.25) is 13.1 Å². The zero-order chi connectivity index (χ0) is 5.15. The molecule has 0 amide bonds. The minimum absolute atomic E-state index is 0.611. The Morgan fingerprint density at radius 1 is 1.33 bits per heavy atom. The second-order valence-electron chi connectivity index (χ2n) is 1.44. The Hall–Kier alpha value is 1.01. The minimum Gasteiger partial charge on any atom is -0.151 e. The van der Waals surface area contributed by atoms with Crippen molar-refractivity contribution in [3.63, 3.8) is 0 Å². The first kappa shape index (κ1) is 7.01. The first-order chi connectivity index (χ1) is 2.64. The molecule has 0 aromatic carbocycles. The molecule has 0 nitrogen and oxygen atoms in total. The molecule has 1 radical (unpaired) electrons. The van der Waals surface area contributed by atoms with Gasteiger partial charge < -0.3 is 0 Å². The van der Waals surface area contributed by atoms with Crippen LogP contribution in [0.3, 0.4) is 0 Å². The molecule has 4 heteroatoms. The predicted molar refractivity (Wildman–Crippen MR) is 36.3 cm³/mol. The van der Waals surface area contributed by atoms with E-state index in [1.54, 1.807) is 0 Å². The Labute approximate surface area is 50.9 Å². The van der Waals surface area contributed by atoms with Gasteiger partial charge in [-0.25, -0.2) is 0 Å². The van der Waals surface area contributed by atoms with Crippen LogP contribution in [0.25, 0.3) is 0 Å². The Balaban J connectivity index is 2.99. The Bertz CT molecular complexity index is 30.5.